The summed E-state index contributed by atoms with van der Waals surface area (Å²) in [7, 11) is 2.16. The van der Waals surface area contributed by atoms with E-state index in [2.05, 4.69) is 74.2 Å². The number of halogens is 1. The van der Waals surface area contributed by atoms with Gasteiger partial charge >= 0.3 is 0 Å². The first kappa shape index (κ1) is 26.1. The van der Waals surface area contributed by atoms with Crippen molar-refractivity contribution in [1.82, 2.24) is 15.2 Å². The van der Waals surface area contributed by atoms with E-state index in [9.17, 15) is 4.79 Å². The molecule has 6 nitrogen and oxygen atoms in total. The number of amides is 1. The van der Waals surface area contributed by atoms with Crippen LogP contribution < -0.4 is 10.1 Å². The fourth-order valence-electron chi connectivity index (χ4n) is 5.28. The molecule has 0 spiro atoms. The highest BCUT2D eigenvalue weighted by atomic mass is 127. The van der Waals surface area contributed by atoms with Crippen LogP contribution in [0.5, 0.6) is 5.75 Å². The van der Waals surface area contributed by atoms with Crippen molar-refractivity contribution in [3.63, 3.8) is 0 Å². The number of hydrogen-bond donors (Lipinski definition) is 1. The highest BCUT2D eigenvalue weighted by Crippen LogP contribution is 2.38. The number of pyridine rings is 1. The van der Waals surface area contributed by atoms with Gasteiger partial charge in [-0.05, 0) is 101 Å². The molecule has 3 heterocycles. The third-order valence-electron chi connectivity index (χ3n) is 7.12. The molecule has 2 saturated heterocycles. The smallest absolute Gasteiger partial charge is 0.226 e. The minimum atomic E-state index is -0.167. The number of carbonyl (C=O) groups excluding carboxylic acids is 1. The predicted octanol–water partition coefficient (Wildman–Crippen LogP) is 5.42. The molecular formula is C28H36IN3O3. The number of aromatic nitrogens is 1. The maximum Gasteiger partial charge on any atom is 0.226 e. The Labute approximate surface area is 223 Å². The lowest BCUT2D eigenvalue weighted by molar-refractivity contribution is -0.123. The van der Waals surface area contributed by atoms with Crippen molar-refractivity contribution in [2.75, 3.05) is 26.7 Å². The molecule has 2 unspecified atom stereocenters. The van der Waals surface area contributed by atoms with Crippen LogP contribution in [0.2, 0.25) is 0 Å². The number of ether oxygens (including phenoxy) is 1. The molecule has 0 saturated carbocycles. The quantitative estimate of drug-likeness (QED) is 0.437. The number of carbonyl (C=O) groups is 1. The second kappa shape index (κ2) is 11.4. The average molecular weight is 590 g/mol. The van der Waals surface area contributed by atoms with Crippen molar-refractivity contribution in [3.05, 3.63) is 52.4 Å². The van der Waals surface area contributed by atoms with E-state index in [0.29, 0.717) is 13.0 Å². The number of nitrogens with one attached hydrogen (secondary N) is 1. The summed E-state index contributed by atoms with van der Waals surface area (Å²) in [4.78, 5) is 19.3. The fourth-order valence-corrected chi connectivity index (χ4v) is 5.82. The van der Waals surface area contributed by atoms with E-state index in [-0.39, 0.29) is 24.0 Å². The van der Waals surface area contributed by atoms with E-state index in [1.807, 2.05) is 29.2 Å². The second-order valence-corrected chi connectivity index (χ2v) is 10.7. The van der Waals surface area contributed by atoms with Crippen molar-refractivity contribution < 1.29 is 12.6 Å². The SMILES string of the molecule is C/C(=C\c1nccc(-c2cc(C)cc(C)c2O[C@H]2CCCN(C)C2)c1C)CC1C(=O)NCC1OI. The molecule has 1 N–H and O–H groups in total. The molecule has 7 heteroatoms. The zero-order valence-corrected chi connectivity index (χ0v) is 23.5. The summed E-state index contributed by atoms with van der Waals surface area (Å²) in [5.74, 6) is 0.865. The van der Waals surface area contributed by atoms with Gasteiger partial charge in [0.1, 0.15) is 34.9 Å². The molecule has 1 aromatic carbocycles. The minimum absolute atomic E-state index is 0.0585. The third kappa shape index (κ3) is 6.06. The highest BCUT2D eigenvalue weighted by Gasteiger charge is 2.35. The number of piperidine rings is 1. The normalized spacial score (nSPS) is 23.4. The van der Waals surface area contributed by atoms with Crippen LogP contribution in [0.15, 0.2) is 30.0 Å². The van der Waals surface area contributed by atoms with E-state index in [1.165, 1.54) is 5.56 Å². The lowest BCUT2D eigenvalue weighted by atomic mass is 9.93. The first-order valence-corrected chi connectivity index (χ1v) is 13.3. The number of aryl methyl sites for hydroxylation is 2. The van der Waals surface area contributed by atoms with Crippen LogP contribution in [-0.2, 0) is 7.86 Å². The number of benzene rings is 1. The van der Waals surface area contributed by atoms with E-state index < -0.39 is 0 Å². The van der Waals surface area contributed by atoms with Gasteiger partial charge in [-0.15, -0.1) is 0 Å². The monoisotopic (exact) mass is 589 g/mol. The Morgan fingerprint density at radius 2 is 2.09 bits per heavy atom. The van der Waals surface area contributed by atoms with Crippen molar-refractivity contribution in [2.45, 2.75) is 59.2 Å². The predicted molar refractivity (Wildman–Crippen MR) is 149 cm³/mol. The molecule has 2 aliphatic heterocycles. The van der Waals surface area contributed by atoms with Crippen LogP contribution in [0, 0.1) is 26.7 Å². The highest BCUT2D eigenvalue weighted by molar-refractivity contribution is 14.1. The summed E-state index contributed by atoms with van der Waals surface area (Å²) in [5, 5.41) is 2.91. The van der Waals surface area contributed by atoms with Gasteiger partial charge in [-0.3, -0.25) is 9.78 Å². The zero-order valence-electron chi connectivity index (χ0n) is 21.4. The molecule has 1 amide bonds. The van der Waals surface area contributed by atoms with Gasteiger partial charge in [0.25, 0.3) is 0 Å². The van der Waals surface area contributed by atoms with Crippen molar-refractivity contribution in [3.8, 4) is 16.9 Å². The zero-order chi connectivity index (χ0) is 25.1. The van der Waals surface area contributed by atoms with Crippen LogP contribution in [0.4, 0.5) is 0 Å². The van der Waals surface area contributed by atoms with Gasteiger partial charge in [-0.2, -0.15) is 0 Å². The molecule has 0 bridgehead atoms. The lowest BCUT2D eigenvalue weighted by Gasteiger charge is -2.31. The maximum absolute atomic E-state index is 12.3. The Kier molecular flexibility index (Phi) is 8.50. The summed E-state index contributed by atoms with van der Waals surface area (Å²) < 4.78 is 12.1. The summed E-state index contributed by atoms with van der Waals surface area (Å²) in [6.45, 7) is 11.1. The Hall–Kier alpha value is -1.97. The van der Waals surface area contributed by atoms with E-state index in [1.54, 1.807) is 0 Å². The Balaban J connectivity index is 1.65. The molecular weight excluding hydrogens is 553 g/mol. The van der Waals surface area contributed by atoms with Gasteiger partial charge in [0.05, 0.1) is 17.7 Å². The van der Waals surface area contributed by atoms with Gasteiger partial charge in [0, 0.05) is 24.8 Å². The molecule has 0 radical (unpaired) electrons. The van der Waals surface area contributed by atoms with Crippen molar-refractivity contribution in [2.24, 2.45) is 5.92 Å². The van der Waals surface area contributed by atoms with Crippen LogP contribution in [-0.4, -0.2) is 54.7 Å². The topological polar surface area (TPSA) is 63.7 Å². The molecule has 3 atom stereocenters. The number of allylic oxidation sites excluding steroid dienone is 1. The maximum atomic E-state index is 12.3. The van der Waals surface area contributed by atoms with Crippen molar-refractivity contribution in [1.29, 1.82) is 0 Å². The third-order valence-corrected chi connectivity index (χ3v) is 7.77. The number of likely N-dealkylation sites (N-methyl/N-ethyl adjacent to an activating group) is 1. The van der Waals surface area contributed by atoms with E-state index in [4.69, 9.17) is 7.80 Å². The first-order chi connectivity index (χ1) is 16.8. The van der Waals surface area contributed by atoms with Crippen LogP contribution in [0.25, 0.3) is 17.2 Å². The van der Waals surface area contributed by atoms with E-state index in [0.717, 1.165) is 65.2 Å². The molecule has 4 rings (SSSR count). The van der Waals surface area contributed by atoms with E-state index >= 15 is 0 Å². The molecule has 1 aromatic heterocycles. The molecule has 0 aliphatic carbocycles. The number of rotatable bonds is 7. The number of nitrogens with zero attached hydrogens (tertiary/aromatic N) is 2. The van der Waals surface area contributed by atoms with Gasteiger partial charge in [0.2, 0.25) is 5.91 Å². The summed E-state index contributed by atoms with van der Waals surface area (Å²) in [5.41, 5.74) is 7.78. The molecule has 2 aliphatic rings. The van der Waals surface area contributed by atoms with Gasteiger partial charge in [-0.25, -0.2) is 0 Å². The Bertz CT molecular complexity index is 1120. The molecule has 188 valence electrons. The Morgan fingerprint density at radius 3 is 2.83 bits per heavy atom. The first-order valence-electron chi connectivity index (χ1n) is 12.4. The van der Waals surface area contributed by atoms with Crippen LogP contribution >= 0.6 is 23.0 Å². The number of likely N-dealkylation sites (tertiary alicyclic amines) is 1. The van der Waals surface area contributed by atoms with Gasteiger partial charge in [-0.1, -0.05) is 11.6 Å². The second-order valence-electron chi connectivity index (χ2n) is 10.1. The van der Waals surface area contributed by atoms with Crippen LogP contribution in [0.3, 0.4) is 0 Å². The summed E-state index contributed by atoms with van der Waals surface area (Å²) >= 11 is 1.89. The Morgan fingerprint density at radius 1 is 1.29 bits per heavy atom. The minimum Gasteiger partial charge on any atom is -0.488 e. The van der Waals surface area contributed by atoms with Gasteiger partial charge in [0.15, 0.2) is 0 Å². The van der Waals surface area contributed by atoms with Crippen molar-refractivity contribution >= 4 is 35.0 Å². The molecule has 2 aromatic rings. The van der Waals surface area contributed by atoms with Crippen LogP contribution in [0.1, 0.15) is 48.6 Å². The molecule has 2 fully saturated rings. The summed E-state index contributed by atoms with van der Waals surface area (Å²) in [6.07, 6.45) is 6.97. The largest absolute Gasteiger partial charge is 0.488 e. The average Bonchev–Trinajstić information content (AvgIpc) is 3.16. The molecule has 35 heavy (non-hydrogen) atoms. The lowest BCUT2D eigenvalue weighted by Crippen LogP contribution is -2.38. The van der Waals surface area contributed by atoms with Gasteiger partial charge < -0.3 is 18.0 Å². The fraction of sp³-hybridized carbons (Fsp3) is 0.500. The standard InChI is InChI=1S/C28H36IN3O3/c1-17-11-19(3)27(34-21-7-6-10-32(5)16-21)23(12-17)22-8-9-30-25(20(22)4)14-18(2)13-24-26(35-29)15-31-28(24)33/h8-9,11-12,14,21,24,26H,6-7,10,13,15-16H2,1-5H3,(H,31,33)/b18-14+/t21-,24?,26?/m0/s1. The number of hydrogen-bond acceptors (Lipinski definition) is 5. The summed E-state index contributed by atoms with van der Waals surface area (Å²) in [6, 6.07) is 6.51.